The first kappa shape index (κ1) is 13.7. The van der Waals surface area contributed by atoms with Crippen molar-refractivity contribution in [1.29, 1.82) is 0 Å². The van der Waals surface area contributed by atoms with Crippen LogP contribution in [0, 0.1) is 0 Å². The zero-order chi connectivity index (χ0) is 12.8. The highest BCUT2D eigenvalue weighted by Crippen LogP contribution is 2.36. The SMILES string of the molecule is NCCCCCCc1cc2c(cc1Br)OCCO2. The van der Waals surface area contributed by atoms with E-state index in [-0.39, 0.29) is 0 Å². The molecule has 1 aromatic rings. The summed E-state index contributed by atoms with van der Waals surface area (Å²) in [5, 5.41) is 0. The van der Waals surface area contributed by atoms with Crippen molar-refractivity contribution in [3.63, 3.8) is 0 Å². The normalized spacial score (nSPS) is 13.7. The van der Waals surface area contributed by atoms with Gasteiger partial charge in [-0.05, 0) is 43.5 Å². The molecule has 3 nitrogen and oxygen atoms in total. The molecule has 4 heteroatoms. The van der Waals surface area contributed by atoms with Crippen molar-refractivity contribution >= 4 is 15.9 Å². The molecular weight excluding hydrogens is 294 g/mol. The second-order valence-electron chi connectivity index (χ2n) is 4.54. The Kier molecular flexibility index (Phi) is 5.32. The number of hydrogen-bond donors (Lipinski definition) is 1. The smallest absolute Gasteiger partial charge is 0.162 e. The minimum absolute atomic E-state index is 0.637. The second kappa shape index (κ2) is 7.00. The molecule has 1 heterocycles. The molecule has 0 amide bonds. The standard InChI is InChI=1S/C14H20BrNO2/c15-12-10-14-13(17-7-8-18-14)9-11(12)5-3-1-2-4-6-16/h9-10H,1-8,16H2. The molecule has 1 aromatic carbocycles. The summed E-state index contributed by atoms with van der Waals surface area (Å²) in [5.74, 6) is 1.72. The molecule has 0 saturated carbocycles. The molecular formula is C14H20BrNO2. The van der Waals surface area contributed by atoms with Crippen LogP contribution in [0.15, 0.2) is 16.6 Å². The molecule has 18 heavy (non-hydrogen) atoms. The number of aryl methyl sites for hydroxylation is 1. The Morgan fingerprint density at radius 1 is 1.00 bits per heavy atom. The van der Waals surface area contributed by atoms with Gasteiger partial charge in [0.15, 0.2) is 11.5 Å². The molecule has 100 valence electrons. The number of ether oxygens (including phenoxy) is 2. The van der Waals surface area contributed by atoms with Crippen LogP contribution in [0.2, 0.25) is 0 Å². The molecule has 0 bridgehead atoms. The Bertz CT molecular complexity index is 396. The van der Waals surface area contributed by atoms with E-state index in [0.717, 1.165) is 35.4 Å². The van der Waals surface area contributed by atoms with Gasteiger partial charge < -0.3 is 15.2 Å². The van der Waals surface area contributed by atoms with Crippen molar-refractivity contribution in [1.82, 2.24) is 0 Å². The Labute approximate surface area is 117 Å². The highest BCUT2D eigenvalue weighted by molar-refractivity contribution is 9.10. The van der Waals surface area contributed by atoms with Gasteiger partial charge in [-0.2, -0.15) is 0 Å². The van der Waals surface area contributed by atoms with Crippen LogP contribution in [0.25, 0.3) is 0 Å². The van der Waals surface area contributed by atoms with Gasteiger partial charge in [-0.3, -0.25) is 0 Å². The molecule has 2 N–H and O–H groups in total. The van der Waals surface area contributed by atoms with Gasteiger partial charge >= 0.3 is 0 Å². The topological polar surface area (TPSA) is 44.5 Å². The van der Waals surface area contributed by atoms with Gasteiger partial charge in [-0.25, -0.2) is 0 Å². The van der Waals surface area contributed by atoms with Crippen LogP contribution in [0.1, 0.15) is 31.2 Å². The first-order chi connectivity index (χ1) is 8.81. The van der Waals surface area contributed by atoms with Gasteiger partial charge in [0, 0.05) is 4.47 Å². The maximum Gasteiger partial charge on any atom is 0.162 e. The molecule has 0 unspecified atom stereocenters. The second-order valence-corrected chi connectivity index (χ2v) is 5.39. The van der Waals surface area contributed by atoms with Crippen LogP contribution in [-0.4, -0.2) is 19.8 Å². The van der Waals surface area contributed by atoms with Crippen molar-refractivity contribution in [3.05, 3.63) is 22.2 Å². The first-order valence-electron chi connectivity index (χ1n) is 6.59. The zero-order valence-corrected chi connectivity index (χ0v) is 12.2. The molecule has 0 spiro atoms. The van der Waals surface area contributed by atoms with Crippen molar-refractivity contribution in [2.45, 2.75) is 32.1 Å². The van der Waals surface area contributed by atoms with E-state index in [0.29, 0.717) is 13.2 Å². The van der Waals surface area contributed by atoms with Crippen molar-refractivity contribution in [2.75, 3.05) is 19.8 Å². The summed E-state index contributed by atoms with van der Waals surface area (Å²) in [4.78, 5) is 0. The third-order valence-electron chi connectivity index (χ3n) is 3.11. The van der Waals surface area contributed by atoms with Crippen molar-refractivity contribution in [3.8, 4) is 11.5 Å². The molecule has 0 aliphatic carbocycles. The number of unbranched alkanes of at least 4 members (excludes halogenated alkanes) is 3. The lowest BCUT2D eigenvalue weighted by molar-refractivity contribution is 0.171. The lowest BCUT2D eigenvalue weighted by Crippen LogP contribution is -2.15. The zero-order valence-electron chi connectivity index (χ0n) is 10.6. The molecule has 1 aliphatic rings. The Morgan fingerprint density at radius 3 is 2.39 bits per heavy atom. The van der Waals surface area contributed by atoms with Crippen LogP contribution in [0.5, 0.6) is 11.5 Å². The Morgan fingerprint density at radius 2 is 1.67 bits per heavy atom. The Balaban J connectivity index is 1.91. The third kappa shape index (κ3) is 3.62. The number of fused-ring (bicyclic) bond motifs is 1. The van der Waals surface area contributed by atoms with E-state index >= 15 is 0 Å². The summed E-state index contributed by atoms with van der Waals surface area (Å²) in [7, 11) is 0. The summed E-state index contributed by atoms with van der Waals surface area (Å²) < 4.78 is 12.3. The molecule has 0 atom stereocenters. The quantitative estimate of drug-likeness (QED) is 0.820. The first-order valence-corrected chi connectivity index (χ1v) is 7.38. The van der Waals surface area contributed by atoms with E-state index in [1.807, 2.05) is 6.07 Å². The summed E-state index contributed by atoms with van der Waals surface area (Å²) in [6.45, 7) is 2.08. The summed E-state index contributed by atoms with van der Waals surface area (Å²) in [5.41, 5.74) is 6.78. The number of benzene rings is 1. The van der Waals surface area contributed by atoms with Gasteiger partial charge in [-0.1, -0.05) is 28.8 Å². The van der Waals surface area contributed by atoms with E-state index in [9.17, 15) is 0 Å². The van der Waals surface area contributed by atoms with Gasteiger partial charge in [0.1, 0.15) is 13.2 Å². The fourth-order valence-electron chi connectivity index (χ4n) is 2.11. The summed E-state index contributed by atoms with van der Waals surface area (Å²) >= 11 is 3.60. The molecule has 2 rings (SSSR count). The van der Waals surface area contributed by atoms with Crippen LogP contribution in [0.3, 0.4) is 0 Å². The maximum absolute atomic E-state index is 5.60. The highest BCUT2D eigenvalue weighted by atomic mass is 79.9. The molecule has 0 fully saturated rings. The number of nitrogens with two attached hydrogens (primary N) is 1. The predicted octanol–water partition coefficient (Wildman–Crippen LogP) is 3.28. The van der Waals surface area contributed by atoms with E-state index in [1.165, 1.54) is 24.8 Å². The molecule has 0 aromatic heterocycles. The largest absolute Gasteiger partial charge is 0.486 e. The lowest BCUT2D eigenvalue weighted by Gasteiger charge is -2.20. The minimum Gasteiger partial charge on any atom is -0.486 e. The number of halogens is 1. The van der Waals surface area contributed by atoms with E-state index in [2.05, 4.69) is 22.0 Å². The minimum atomic E-state index is 0.637. The molecule has 1 aliphatic heterocycles. The monoisotopic (exact) mass is 313 g/mol. The van der Waals surface area contributed by atoms with Crippen LogP contribution in [-0.2, 0) is 6.42 Å². The predicted molar refractivity (Wildman–Crippen MR) is 76.4 cm³/mol. The number of rotatable bonds is 6. The van der Waals surface area contributed by atoms with Gasteiger partial charge in [0.25, 0.3) is 0 Å². The summed E-state index contributed by atoms with van der Waals surface area (Å²) in [6.07, 6.45) is 5.85. The Hall–Kier alpha value is -0.740. The number of hydrogen-bond acceptors (Lipinski definition) is 3. The fourth-order valence-corrected chi connectivity index (χ4v) is 2.63. The van der Waals surface area contributed by atoms with E-state index in [1.54, 1.807) is 0 Å². The summed E-state index contributed by atoms with van der Waals surface area (Å²) in [6, 6.07) is 4.12. The fraction of sp³-hybridized carbons (Fsp3) is 0.571. The van der Waals surface area contributed by atoms with E-state index < -0.39 is 0 Å². The van der Waals surface area contributed by atoms with Gasteiger partial charge in [0.2, 0.25) is 0 Å². The van der Waals surface area contributed by atoms with Gasteiger partial charge in [0.05, 0.1) is 0 Å². The third-order valence-corrected chi connectivity index (χ3v) is 3.85. The average molecular weight is 314 g/mol. The van der Waals surface area contributed by atoms with Crippen LogP contribution >= 0.6 is 15.9 Å². The lowest BCUT2D eigenvalue weighted by atomic mass is 10.1. The van der Waals surface area contributed by atoms with E-state index in [4.69, 9.17) is 15.2 Å². The molecule has 0 radical (unpaired) electrons. The maximum atomic E-state index is 5.60. The average Bonchev–Trinajstić information content (AvgIpc) is 2.39. The van der Waals surface area contributed by atoms with Crippen LogP contribution in [0.4, 0.5) is 0 Å². The van der Waals surface area contributed by atoms with Crippen LogP contribution < -0.4 is 15.2 Å². The van der Waals surface area contributed by atoms with Crippen molar-refractivity contribution in [2.24, 2.45) is 5.73 Å². The van der Waals surface area contributed by atoms with Gasteiger partial charge in [-0.15, -0.1) is 0 Å². The highest BCUT2D eigenvalue weighted by Gasteiger charge is 2.14. The van der Waals surface area contributed by atoms with Crippen molar-refractivity contribution < 1.29 is 9.47 Å². The molecule has 0 saturated heterocycles.